The molecule has 7 nitrogen and oxygen atoms in total. The van der Waals surface area contributed by atoms with Gasteiger partial charge in [-0.05, 0) is 60.9 Å². The number of nitrogens with zero attached hydrogens (tertiary/aromatic N) is 2. The van der Waals surface area contributed by atoms with Crippen molar-refractivity contribution < 1.29 is 18.0 Å². The Kier molecular flexibility index (Phi) is 6.96. The summed E-state index contributed by atoms with van der Waals surface area (Å²) in [6.45, 7) is 0.887. The Morgan fingerprint density at radius 2 is 1.61 bits per heavy atom. The van der Waals surface area contributed by atoms with E-state index >= 15 is 0 Å². The van der Waals surface area contributed by atoms with Crippen molar-refractivity contribution in [3.05, 3.63) is 94.0 Å². The first-order valence-electron chi connectivity index (χ1n) is 11.9. The van der Waals surface area contributed by atoms with Crippen LogP contribution in [0.4, 0.5) is 5.69 Å². The number of carbonyl (C=O) groups excluding carboxylic acids is 2. The van der Waals surface area contributed by atoms with Crippen LogP contribution in [0.5, 0.6) is 0 Å². The van der Waals surface area contributed by atoms with Crippen molar-refractivity contribution in [3.8, 4) is 0 Å². The summed E-state index contributed by atoms with van der Waals surface area (Å²) in [7, 11) is -3.60. The van der Waals surface area contributed by atoms with E-state index in [0.29, 0.717) is 24.3 Å². The van der Waals surface area contributed by atoms with Gasteiger partial charge >= 0.3 is 0 Å². The van der Waals surface area contributed by atoms with Gasteiger partial charge in [-0.2, -0.15) is 4.31 Å². The summed E-state index contributed by atoms with van der Waals surface area (Å²) >= 11 is 3.52. The van der Waals surface area contributed by atoms with Crippen molar-refractivity contribution in [1.29, 1.82) is 0 Å². The van der Waals surface area contributed by atoms with E-state index in [-0.39, 0.29) is 23.3 Å². The third-order valence-corrected chi connectivity index (χ3v) is 9.04. The van der Waals surface area contributed by atoms with Gasteiger partial charge in [-0.15, -0.1) is 0 Å². The lowest BCUT2D eigenvalue weighted by atomic mass is 9.95. The second-order valence-corrected chi connectivity index (χ2v) is 11.9. The highest BCUT2D eigenvalue weighted by Gasteiger charge is 2.34. The van der Waals surface area contributed by atoms with Crippen molar-refractivity contribution in [2.24, 2.45) is 0 Å². The average Bonchev–Trinajstić information content (AvgIpc) is 3.05. The first-order chi connectivity index (χ1) is 17.3. The zero-order chi connectivity index (χ0) is 25.3. The van der Waals surface area contributed by atoms with E-state index in [0.717, 1.165) is 34.9 Å². The van der Waals surface area contributed by atoms with E-state index in [1.165, 1.54) is 33.5 Å². The van der Waals surface area contributed by atoms with Gasteiger partial charge < -0.3 is 10.2 Å². The second-order valence-electron chi connectivity index (χ2n) is 9.02. The zero-order valence-electron chi connectivity index (χ0n) is 19.6. The normalized spacial score (nSPS) is 18.8. The van der Waals surface area contributed by atoms with Gasteiger partial charge in [0.2, 0.25) is 15.9 Å². The highest BCUT2D eigenvalue weighted by atomic mass is 79.9. The molecule has 0 radical (unpaired) electrons. The number of piperidine rings is 1. The van der Waals surface area contributed by atoms with Gasteiger partial charge in [0.1, 0.15) is 6.54 Å². The van der Waals surface area contributed by atoms with Crippen LogP contribution in [0.2, 0.25) is 0 Å². The number of nitrogens with one attached hydrogen (secondary N) is 1. The van der Waals surface area contributed by atoms with E-state index in [9.17, 15) is 18.0 Å². The molecule has 0 bridgehead atoms. The lowest BCUT2D eigenvalue weighted by Gasteiger charge is -2.31. The molecular formula is C27H26BrN3O4S. The van der Waals surface area contributed by atoms with Crippen molar-refractivity contribution in [2.45, 2.75) is 30.2 Å². The monoisotopic (exact) mass is 567 g/mol. The number of hydrogen-bond acceptors (Lipinski definition) is 4. The maximum atomic E-state index is 13.8. The summed E-state index contributed by atoms with van der Waals surface area (Å²) in [5.41, 5.74) is 2.63. The number of sulfonamides is 1. The van der Waals surface area contributed by atoms with E-state index in [1.807, 2.05) is 48.5 Å². The predicted octanol–water partition coefficient (Wildman–Crippen LogP) is 4.81. The standard InChI is InChI=1S/C27H26BrN3O4S/c28-21-11-14-24-23(17-21)26(19-7-3-1-4-8-19)31(18-25(32)29-24)27(33)20-9-12-22(13-10-20)36(34,35)30-15-5-2-6-16-30/h1,3-4,7-14,17,26H,2,5-6,15-16,18H2,(H,29,32)/t26-/m0/s1. The Bertz CT molecular complexity index is 1390. The Morgan fingerprint density at radius 3 is 2.31 bits per heavy atom. The molecule has 2 heterocycles. The molecule has 2 aliphatic rings. The molecule has 9 heteroatoms. The number of carbonyl (C=O) groups is 2. The van der Waals surface area contributed by atoms with Crippen LogP contribution in [0.15, 0.2) is 82.2 Å². The smallest absolute Gasteiger partial charge is 0.255 e. The molecule has 2 amide bonds. The van der Waals surface area contributed by atoms with Gasteiger partial charge in [-0.3, -0.25) is 9.59 Å². The third-order valence-electron chi connectivity index (χ3n) is 6.64. The Balaban J connectivity index is 1.52. The molecule has 0 aliphatic carbocycles. The van der Waals surface area contributed by atoms with Gasteiger partial charge in [0.15, 0.2) is 0 Å². The highest BCUT2D eigenvalue weighted by Crippen LogP contribution is 2.38. The molecule has 186 valence electrons. The number of amides is 2. The van der Waals surface area contributed by atoms with Crippen LogP contribution in [0.25, 0.3) is 0 Å². The fourth-order valence-corrected chi connectivity index (χ4v) is 6.75. The Hall–Kier alpha value is -3.01. The summed E-state index contributed by atoms with van der Waals surface area (Å²) < 4.78 is 28.4. The molecule has 3 aromatic rings. The SMILES string of the molecule is O=C1CN(C(=O)c2ccc(S(=O)(=O)N3CCCCC3)cc2)[C@@H](c2ccccc2)c2cc(Br)ccc2N1. The minimum Gasteiger partial charge on any atom is -0.324 e. The second kappa shape index (κ2) is 10.2. The van der Waals surface area contributed by atoms with Gasteiger partial charge in [-0.1, -0.05) is 52.7 Å². The number of halogens is 1. The lowest BCUT2D eigenvalue weighted by Crippen LogP contribution is -2.39. The third kappa shape index (κ3) is 4.83. The van der Waals surface area contributed by atoms with Gasteiger partial charge in [0.05, 0.1) is 10.9 Å². The van der Waals surface area contributed by atoms with Crippen LogP contribution >= 0.6 is 15.9 Å². The minimum atomic E-state index is -3.60. The number of rotatable bonds is 4. The summed E-state index contributed by atoms with van der Waals surface area (Å²) in [5, 5.41) is 2.91. The van der Waals surface area contributed by atoms with E-state index in [2.05, 4.69) is 21.2 Å². The summed E-state index contributed by atoms with van der Waals surface area (Å²) in [5.74, 6) is -0.650. The largest absolute Gasteiger partial charge is 0.324 e. The molecule has 1 atom stereocenters. The van der Waals surface area contributed by atoms with Crippen molar-refractivity contribution >= 4 is 43.5 Å². The molecule has 0 unspecified atom stereocenters. The molecule has 2 aliphatic heterocycles. The van der Waals surface area contributed by atoms with Crippen LogP contribution in [0, 0.1) is 0 Å². The van der Waals surface area contributed by atoms with Gasteiger partial charge in [0.25, 0.3) is 5.91 Å². The van der Waals surface area contributed by atoms with E-state index < -0.39 is 16.1 Å². The van der Waals surface area contributed by atoms with Crippen molar-refractivity contribution in [3.63, 3.8) is 0 Å². The molecule has 0 saturated carbocycles. The number of hydrogen-bond donors (Lipinski definition) is 1. The summed E-state index contributed by atoms with van der Waals surface area (Å²) in [6, 6.07) is 20.7. The molecular weight excluding hydrogens is 542 g/mol. The molecule has 36 heavy (non-hydrogen) atoms. The van der Waals surface area contributed by atoms with E-state index in [4.69, 9.17) is 0 Å². The lowest BCUT2D eigenvalue weighted by molar-refractivity contribution is -0.117. The minimum absolute atomic E-state index is 0.140. The molecule has 5 rings (SSSR count). The number of anilines is 1. The zero-order valence-corrected chi connectivity index (χ0v) is 22.0. The molecule has 1 fully saturated rings. The maximum absolute atomic E-state index is 13.8. The number of benzene rings is 3. The first-order valence-corrected chi connectivity index (χ1v) is 14.1. The topological polar surface area (TPSA) is 86.8 Å². The summed E-state index contributed by atoms with van der Waals surface area (Å²) in [4.78, 5) is 28.3. The van der Waals surface area contributed by atoms with E-state index in [1.54, 1.807) is 0 Å². The quantitative estimate of drug-likeness (QED) is 0.490. The first kappa shape index (κ1) is 24.7. The maximum Gasteiger partial charge on any atom is 0.255 e. The Morgan fingerprint density at radius 1 is 0.917 bits per heavy atom. The summed E-state index contributed by atoms with van der Waals surface area (Å²) in [6.07, 6.45) is 2.74. The molecule has 0 aromatic heterocycles. The van der Waals surface area contributed by atoms with Crippen molar-refractivity contribution in [1.82, 2.24) is 9.21 Å². The van der Waals surface area contributed by atoms with Crippen LogP contribution in [0.1, 0.15) is 46.8 Å². The highest BCUT2D eigenvalue weighted by molar-refractivity contribution is 9.10. The number of fused-ring (bicyclic) bond motifs is 1. The van der Waals surface area contributed by atoms with Crippen LogP contribution in [-0.2, 0) is 14.8 Å². The Labute approximate surface area is 219 Å². The van der Waals surface area contributed by atoms with Crippen LogP contribution in [0.3, 0.4) is 0 Å². The van der Waals surface area contributed by atoms with Gasteiger partial charge in [-0.25, -0.2) is 8.42 Å². The predicted molar refractivity (Wildman–Crippen MR) is 141 cm³/mol. The fraction of sp³-hybridized carbons (Fsp3) is 0.259. The fourth-order valence-electron chi connectivity index (χ4n) is 4.85. The van der Waals surface area contributed by atoms with Crippen LogP contribution < -0.4 is 5.32 Å². The molecule has 1 N–H and O–H groups in total. The van der Waals surface area contributed by atoms with Crippen LogP contribution in [-0.4, -0.2) is 49.1 Å². The van der Waals surface area contributed by atoms with Crippen molar-refractivity contribution in [2.75, 3.05) is 25.0 Å². The molecule has 0 spiro atoms. The van der Waals surface area contributed by atoms with Gasteiger partial charge in [0, 0.05) is 34.4 Å². The molecule has 3 aromatic carbocycles. The molecule has 1 saturated heterocycles. The average molecular weight is 568 g/mol.